The molecule has 2 atom stereocenters. The monoisotopic (exact) mass is 242 g/mol. The zero-order chi connectivity index (χ0) is 11.7. The number of aromatic nitrogens is 2. The first-order valence-corrected chi connectivity index (χ1v) is 5.73. The average Bonchev–Trinajstić information content (AvgIpc) is 2.23. The molecule has 1 aromatic heterocycles. The molecule has 1 aromatic rings. The van der Waals surface area contributed by atoms with E-state index in [1.165, 1.54) is 6.33 Å². The molecule has 2 rings (SSSR count). The third kappa shape index (κ3) is 2.05. The molecule has 1 fully saturated rings. The Morgan fingerprint density at radius 2 is 2.44 bits per heavy atom. The fraction of sp³-hybridized carbons (Fsp3) is 0.600. The summed E-state index contributed by atoms with van der Waals surface area (Å²) in [6.45, 7) is 2.86. The summed E-state index contributed by atoms with van der Waals surface area (Å²) in [7, 11) is 0. The third-order valence-electron chi connectivity index (χ3n) is 2.97. The quantitative estimate of drug-likeness (QED) is 0.762. The van der Waals surface area contributed by atoms with Crippen LogP contribution in [0.1, 0.15) is 19.8 Å². The number of piperidine rings is 1. The fourth-order valence-corrected chi connectivity index (χ4v) is 2.31. The van der Waals surface area contributed by atoms with Gasteiger partial charge in [-0.2, -0.15) is 0 Å². The summed E-state index contributed by atoms with van der Waals surface area (Å²) in [4.78, 5) is 20.0. The molecule has 5 nitrogen and oxygen atoms in total. The summed E-state index contributed by atoms with van der Waals surface area (Å²) in [5, 5.41) is 0.157. The van der Waals surface area contributed by atoms with Crippen LogP contribution in [0, 0.1) is 0 Å². The van der Waals surface area contributed by atoms with Crippen LogP contribution in [0.3, 0.4) is 0 Å². The lowest BCUT2D eigenvalue weighted by Crippen LogP contribution is -2.46. The maximum absolute atomic E-state index is 11.4. The van der Waals surface area contributed by atoms with Crippen LogP contribution in [0.4, 0.5) is 5.82 Å². The molecule has 0 aliphatic carbocycles. The number of hydrogen-bond donors (Lipinski definition) is 2. The smallest absolute Gasteiger partial charge is 0.271 e. The lowest BCUT2D eigenvalue weighted by Gasteiger charge is -2.37. The minimum absolute atomic E-state index is 0.157. The lowest BCUT2D eigenvalue weighted by atomic mass is 9.99. The Balaban J connectivity index is 2.30. The van der Waals surface area contributed by atoms with Crippen LogP contribution < -0.4 is 16.2 Å². The maximum atomic E-state index is 11.4. The van der Waals surface area contributed by atoms with E-state index in [1.54, 1.807) is 0 Å². The number of nitrogens with zero attached hydrogens (tertiary/aromatic N) is 2. The van der Waals surface area contributed by atoms with Gasteiger partial charge in [-0.05, 0) is 19.8 Å². The molecular weight excluding hydrogens is 228 g/mol. The van der Waals surface area contributed by atoms with E-state index in [4.69, 9.17) is 17.3 Å². The maximum Gasteiger partial charge on any atom is 0.271 e. The van der Waals surface area contributed by atoms with Crippen molar-refractivity contribution in [2.45, 2.75) is 31.8 Å². The number of halogens is 1. The number of nitrogens with one attached hydrogen (secondary N) is 1. The Morgan fingerprint density at radius 1 is 1.69 bits per heavy atom. The summed E-state index contributed by atoms with van der Waals surface area (Å²) in [5.74, 6) is 0.560. The molecule has 0 aromatic carbocycles. The Hall–Kier alpha value is -1.07. The van der Waals surface area contributed by atoms with Gasteiger partial charge in [-0.1, -0.05) is 11.6 Å². The number of anilines is 1. The average molecular weight is 243 g/mol. The van der Waals surface area contributed by atoms with E-state index in [1.807, 2.05) is 4.90 Å². The second-order valence-electron chi connectivity index (χ2n) is 4.20. The Kier molecular flexibility index (Phi) is 3.16. The van der Waals surface area contributed by atoms with Crippen molar-refractivity contribution in [2.24, 2.45) is 5.73 Å². The van der Waals surface area contributed by atoms with Crippen LogP contribution in [0.2, 0.25) is 5.02 Å². The van der Waals surface area contributed by atoms with Crippen LogP contribution in [0.15, 0.2) is 11.1 Å². The second kappa shape index (κ2) is 4.43. The number of rotatable bonds is 1. The van der Waals surface area contributed by atoms with Crippen molar-refractivity contribution in [2.75, 3.05) is 11.4 Å². The van der Waals surface area contributed by atoms with Crippen molar-refractivity contribution < 1.29 is 0 Å². The van der Waals surface area contributed by atoms with Gasteiger partial charge in [0, 0.05) is 18.6 Å². The Morgan fingerprint density at radius 3 is 3.12 bits per heavy atom. The molecule has 0 saturated carbocycles. The molecule has 2 unspecified atom stereocenters. The number of hydrogen-bond acceptors (Lipinski definition) is 4. The summed E-state index contributed by atoms with van der Waals surface area (Å²) < 4.78 is 0. The molecule has 2 heterocycles. The summed E-state index contributed by atoms with van der Waals surface area (Å²) in [6.07, 6.45) is 3.17. The van der Waals surface area contributed by atoms with Crippen LogP contribution >= 0.6 is 11.6 Å². The van der Waals surface area contributed by atoms with Gasteiger partial charge in [0.15, 0.2) is 5.82 Å². The molecule has 1 aliphatic heterocycles. The van der Waals surface area contributed by atoms with E-state index in [0.29, 0.717) is 5.82 Å². The molecule has 88 valence electrons. The van der Waals surface area contributed by atoms with Gasteiger partial charge in [-0.25, -0.2) is 4.98 Å². The minimum Gasteiger partial charge on any atom is -0.352 e. The molecule has 6 heteroatoms. The molecular formula is C10H15ClN4O. The molecule has 0 amide bonds. The van der Waals surface area contributed by atoms with E-state index in [0.717, 1.165) is 19.4 Å². The van der Waals surface area contributed by atoms with Crippen LogP contribution in [0.5, 0.6) is 0 Å². The summed E-state index contributed by atoms with van der Waals surface area (Å²) in [5.41, 5.74) is 5.59. The first-order chi connectivity index (χ1) is 7.59. The second-order valence-corrected chi connectivity index (χ2v) is 4.57. The van der Waals surface area contributed by atoms with Crippen molar-refractivity contribution in [3.05, 3.63) is 21.7 Å². The predicted octanol–water partition coefficient (Wildman–Crippen LogP) is 0.739. The van der Waals surface area contributed by atoms with Gasteiger partial charge >= 0.3 is 0 Å². The number of nitrogens with two attached hydrogens (primary N) is 1. The SMILES string of the molecule is CC1CC(N)CCN1c1nc[nH]c(=O)c1Cl. The molecule has 0 radical (unpaired) electrons. The van der Waals surface area contributed by atoms with E-state index in [2.05, 4.69) is 16.9 Å². The van der Waals surface area contributed by atoms with Crippen molar-refractivity contribution in [1.82, 2.24) is 9.97 Å². The van der Waals surface area contributed by atoms with E-state index in [-0.39, 0.29) is 22.7 Å². The van der Waals surface area contributed by atoms with Crippen LogP contribution in [-0.4, -0.2) is 28.6 Å². The molecule has 0 spiro atoms. The van der Waals surface area contributed by atoms with Crippen molar-refractivity contribution in [3.8, 4) is 0 Å². The zero-order valence-corrected chi connectivity index (χ0v) is 9.87. The zero-order valence-electron chi connectivity index (χ0n) is 9.11. The van der Waals surface area contributed by atoms with Gasteiger partial charge < -0.3 is 15.6 Å². The molecule has 0 bridgehead atoms. The van der Waals surface area contributed by atoms with Gasteiger partial charge in [0.1, 0.15) is 5.02 Å². The highest BCUT2D eigenvalue weighted by atomic mass is 35.5. The van der Waals surface area contributed by atoms with Gasteiger partial charge in [0.25, 0.3) is 5.56 Å². The molecule has 1 aliphatic rings. The van der Waals surface area contributed by atoms with E-state index < -0.39 is 0 Å². The highest BCUT2D eigenvalue weighted by Crippen LogP contribution is 2.25. The largest absolute Gasteiger partial charge is 0.352 e. The Labute approximate surface area is 98.6 Å². The predicted molar refractivity (Wildman–Crippen MR) is 63.9 cm³/mol. The van der Waals surface area contributed by atoms with Crippen LogP contribution in [0.25, 0.3) is 0 Å². The van der Waals surface area contributed by atoms with Crippen molar-refractivity contribution in [1.29, 1.82) is 0 Å². The Bertz CT molecular complexity index is 433. The first kappa shape index (κ1) is 11.4. The normalized spacial score (nSPS) is 25.8. The molecule has 16 heavy (non-hydrogen) atoms. The highest BCUT2D eigenvalue weighted by Gasteiger charge is 2.26. The van der Waals surface area contributed by atoms with Crippen molar-refractivity contribution in [3.63, 3.8) is 0 Å². The fourth-order valence-electron chi connectivity index (χ4n) is 2.10. The summed E-state index contributed by atoms with van der Waals surface area (Å²) in [6, 6.07) is 0.488. The molecule has 1 saturated heterocycles. The minimum atomic E-state index is -0.297. The number of H-pyrrole nitrogens is 1. The van der Waals surface area contributed by atoms with E-state index in [9.17, 15) is 4.79 Å². The molecule has 3 N–H and O–H groups in total. The highest BCUT2D eigenvalue weighted by molar-refractivity contribution is 6.32. The van der Waals surface area contributed by atoms with Crippen LogP contribution in [-0.2, 0) is 0 Å². The number of aromatic amines is 1. The van der Waals surface area contributed by atoms with Gasteiger partial charge in [-0.3, -0.25) is 4.79 Å². The third-order valence-corrected chi connectivity index (χ3v) is 3.31. The van der Waals surface area contributed by atoms with E-state index >= 15 is 0 Å². The van der Waals surface area contributed by atoms with Gasteiger partial charge in [0.2, 0.25) is 0 Å². The van der Waals surface area contributed by atoms with Gasteiger partial charge in [0.05, 0.1) is 6.33 Å². The lowest BCUT2D eigenvalue weighted by molar-refractivity contribution is 0.427. The topological polar surface area (TPSA) is 75.0 Å². The first-order valence-electron chi connectivity index (χ1n) is 5.35. The van der Waals surface area contributed by atoms with Crippen molar-refractivity contribution >= 4 is 17.4 Å². The van der Waals surface area contributed by atoms with Gasteiger partial charge in [-0.15, -0.1) is 0 Å². The summed E-state index contributed by atoms with van der Waals surface area (Å²) >= 11 is 5.95. The standard InChI is InChI=1S/C10H15ClN4O/c1-6-4-7(12)2-3-15(6)9-8(11)10(16)14-5-13-9/h5-7H,2-4,12H2,1H3,(H,13,14,16).